The molecule has 0 aliphatic heterocycles. The summed E-state index contributed by atoms with van der Waals surface area (Å²) in [5.41, 5.74) is 4.43. The maximum atomic E-state index is 12.7. The van der Waals surface area contributed by atoms with E-state index in [-0.39, 0.29) is 4.90 Å². The molecule has 0 bridgehead atoms. The van der Waals surface area contributed by atoms with Gasteiger partial charge in [-0.15, -0.1) is 10.2 Å². The molecule has 4 rings (SSSR count). The highest BCUT2D eigenvalue weighted by Gasteiger charge is 2.16. The molecule has 7 heteroatoms. The Morgan fingerprint density at radius 2 is 1.48 bits per heavy atom. The second-order valence-electron chi connectivity index (χ2n) is 6.40. The van der Waals surface area contributed by atoms with Gasteiger partial charge in [0.1, 0.15) is 11.0 Å². The van der Waals surface area contributed by atoms with E-state index in [0.29, 0.717) is 16.7 Å². The van der Waals surface area contributed by atoms with Gasteiger partial charge < -0.3 is 0 Å². The lowest BCUT2D eigenvalue weighted by Gasteiger charge is -2.10. The number of para-hydroxylation sites is 1. The number of rotatable bonds is 4. The molecule has 0 aliphatic carbocycles. The van der Waals surface area contributed by atoms with Crippen LogP contribution in [0.1, 0.15) is 11.1 Å². The molecule has 0 saturated heterocycles. The number of fused-ring (bicyclic) bond motifs is 1. The number of benzene rings is 3. The minimum atomic E-state index is -3.67. The smallest absolute Gasteiger partial charge is 0.261 e. The predicted octanol–water partition coefficient (Wildman–Crippen LogP) is 3.84. The van der Waals surface area contributed by atoms with Gasteiger partial charge in [0.15, 0.2) is 0 Å². The molecule has 3 aromatic carbocycles. The van der Waals surface area contributed by atoms with Crippen LogP contribution in [0.5, 0.6) is 0 Å². The predicted molar refractivity (Wildman–Crippen MR) is 106 cm³/mol. The number of sulfonamides is 1. The summed E-state index contributed by atoms with van der Waals surface area (Å²) in [6, 6.07) is 19.8. The summed E-state index contributed by atoms with van der Waals surface area (Å²) in [5, 5.41) is 8.95. The first-order chi connectivity index (χ1) is 12.9. The lowest BCUT2D eigenvalue weighted by Crippen LogP contribution is -2.13. The molecular weight excluding hydrogens is 360 g/mol. The zero-order valence-corrected chi connectivity index (χ0v) is 15.7. The van der Waals surface area contributed by atoms with E-state index in [1.54, 1.807) is 35.1 Å². The average molecular weight is 378 g/mol. The third-order valence-corrected chi connectivity index (χ3v) is 5.67. The number of hydrogen-bond donors (Lipinski definition) is 1. The maximum Gasteiger partial charge on any atom is 0.261 e. The van der Waals surface area contributed by atoms with E-state index in [2.05, 4.69) is 14.9 Å². The van der Waals surface area contributed by atoms with E-state index in [1.807, 2.05) is 50.2 Å². The summed E-state index contributed by atoms with van der Waals surface area (Å²) >= 11 is 0. The molecule has 4 aromatic rings. The van der Waals surface area contributed by atoms with Gasteiger partial charge in [-0.05, 0) is 55.8 Å². The molecular formula is C20H18N4O2S. The number of anilines is 1. The number of nitrogens with one attached hydrogen (secondary N) is 1. The van der Waals surface area contributed by atoms with Crippen molar-refractivity contribution < 1.29 is 8.42 Å². The fourth-order valence-electron chi connectivity index (χ4n) is 2.78. The molecule has 1 aromatic heterocycles. The zero-order chi connectivity index (χ0) is 19.0. The Hall–Kier alpha value is -3.19. The van der Waals surface area contributed by atoms with E-state index in [4.69, 9.17) is 0 Å². The van der Waals surface area contributed by atoms with Crippen LogP contribution in [-0.4, -0.2) is 23.4 Å². The van der Waals surface area contributed by atoms with E-state index < -0.39 is 10.0 Å². The second kappa shape index (κ2) is 6.51. The van der Waals surface area contributed by atoms with Crippen molar-refractivity contribution in [2.24, 2.45) is 0 Å². The molecule has 1 heterocycles. The number of nitrogens with zero attached hydrogens (tertiary/aromatic N) is 3. The summed E-state index contributed by atoms with van der Waals surface area (Å²) in [7, 11) is -3.67. The summed E-state index contributed by atoms with van der Waals surface area (Å²) in [4.78, 5) is 1.77. The molecule has 0 spiro atoms. The first-order valence-electron chi connectivity index (χ1n) is 8.45. The lowest BCUT2D eigenvalue weighted by atomic mass is 10.2. The summed E-state index contributed by atoms with van der Waals surface area (Å²) in [6.07, 6.45) is 0. The van der Waals surface area contributed by atoms with Gasteiger partial charge in [-0.25, -0.2) is 8.42 Å². The first kappa shape index (κ1) is 17.2. The van der Waals surface area contributed by atoms with Crippen LogP contribution in [-0.2, 0) is 10.0 Å². The fourth-order valence-corrected chi connectivity index (χ4v) is 3.90. The summed E-state index contributed by atoms with van der Waals surface area (Å²) in [6.45, 7) is 3.76. The van der Waals surface area contributed by atoms with Gasteiger partial charge in [-0.3, -0.25) is 4.72 Å². The van der Waals surface area contributed by atoms with Crippen LogP contribution in [0.2, 0.25) is 0 Å². The zero-order valence-electron chi connectivity index (χ0n) is 14.9. The molecule has 1 N–H and O–H groups in total. The van der Waals surface area contributed by atoms with Gasteiger partial charge in [0, 0.05) is 0 Å². The molecule has 136 valence electrons. The van der Waals surface area contributed by atoms with Gasteiger partial charge in [-0.1, -0.05) is 35.9 Å². The van der Waals surface area contributed by atoms with Crippen molar-refractivity contribution in [3.05, 3.63) is 77.9 Å². The van der Waals surface area contributed by atoms with Crippen molar-refractivity contribution >= 4 is 26.7 Å². The van der Waals surface area contributed by atoms with Crippen LogP contribution in [0.15, 0.2) is 71.6 Å². The van der Waals surface area contributed by atoms with E-state index in [0.717, 1.165) is 16.8 Å². The molecule has 27 heavy (non-hydrogen) atoms. The molecule has 0 unspecified atom stereocenters. The SMILES string of the molecule is Cc1ccc(S(=O)(=O)Nc2cc3nn(-c4ccccc4)nc3cc2C)cc1. The van der Waals surface area contributed by atoms with Crippen LogP contribution in [0, 0.1) is 13.8 Å². The molecule has 0 saturated carbocycles. The maximum absolute atomic E-state index is 12.7. The Kier molecular flexibility index (Phi) is 4.16. The van der Waals surface area contributed by atoms with Gasteiger partial charge in [0.2, 0.25) is 0 Å². The van der Waals surface area contributed by atoms with Crippen LogP contribution < -0.4 is 4.72 Å². The second-order valence-corrected chi connectivity index (χ2v) is 8.08. The molecule has 0 atom stereocenters. The first-order valence-corrected chi connectivity index (χ1v) is 9.93. The minimum absolute atomic E-state index is 0.223. The lowest BCUT2D eigenvalue weighted by molar-refractivity contribution is 0.601. The molecule has 0 aliphatic rings. The highest BCUT2D eigenvalue weighted by atomic mass is 32.2. The van der Waals surface area contributed by atoms with Crippen molar-refractivity contribution in [2.75, 3.05) is 4.72 Å². The van der Waals surface area contributed by atoms with Gasteiger partial charge in [0.25, 0.3) is 10.0 Å². The highest BCUT2D eigenvalue weighted by molar-refractivity contribution is 7.92. The number of aryl methyl sites for hydroxylation is 2. The van der Waals surface area contributed by atoms with Crippen LogP contribution in [0.25, 0.3) is 16.7 Å². The normalized spacial score (nSPS) is 11.6. The Morgan fingerprint density at radius 1 is 0.852 bits per heavy atom. The largest absolute Gasteiger partial charge is 0.279 e. The van der Waals surface area contributed by atoms with Crippen molar-refractivity contribution in [3.8, 4) is 5.69 Å². The topological polar surface area (TPSA) is 76.9 Å². The number of aromatic nitrogens is 3. The van der Waals surface area contributed by atoms with Crippen LogP contribution >= 0.6 is 0 Å². The standard InChI is InChI=1S/C20H18N4O2S/c1-14-8-10-17(11-9-14)27(25,26)23-18-13-20-19(12-15(18)2)21-24(22-20)16-6-4-3-5-7-16/h3-13,23H,1-2H3. The summed E-state index contributed by atoms with van der Waals surface area (Å²) in [5.74, 6) is 0. The monoisotopic (exact) mass is 378 g/mol. The van der Waals surface area contributed by atoms with E-state index >= 15 is 0 Å². The van der Waals surface area contributed by atoms with Gasteiger partial charge in [-0.2, -0.15) is 4.80 Å². The molecule has 0 fully saturated rings. The Morgan fingerprint density at radius 3 is 2.15 bits per heavy atom. The van der Waals surface area contributed by atoms with Crippen molar-refractivity contribution in [2.45, 2.75) is 18.7 Å². The Balaban J connectivity index is 1.72. The molecule has 6 nitrogen and oxygen atoms in total. The number of hydrogen-bond acceptors (Lipinski definition) is 4. The van der Waals surface area contributed by atoms with E-state index in [1.165, 1.54) is 0 Å². The van der Waals surface area contributed by atoms with Crippen LogP contribution in [0.3, 0.4) is 0 Å². The minimum Gasteiger partial charge on any atom is -0.279 e. The molecule has 0 amide bonds. The van der Waals surface area contributed by atoms with Gasteiger partial charge >= 0.3 is 0 Å². The van der Waals surface area contributed by atoms with Gasteiger partial charge in [0.05, 0.1) is 16.3 Å². The van der Waals surface area contributed by atoms with E-state index in [9.17, 15) is 8.42 Å². The van der Waals surface area contributed by atoms with Crippen molar-refractivity contribution in [1.29, 1.82) is 0 Å². The highest BCUT2D eigenvalue weighted by Crippen LogP contribution is 2.25. The summed E-state index contributed by atoms with van der Waals surface area (Å²) < 4.78 is 28.0. The average Bonchev–Trinajstić information content (AvgIpc) is 3.05. The fraction of sp³-hybridized carbons (Fsp3) is 0.100. The third kappa shape index (κ3) is 3.41. The third-order valence-electron chi connectivity index (χ3n) is 4.29. The quantitative estimate of drug-likeness (QED) is 0.585. The van der Waals surface area contributed by atoms with Crippen molar-refractivity contribution in [1.82, 2.24) is 15.0 Å². The Bertz CT molecular complexity index is 1210. The van der Waals surface area contributed by atoms with Crippen molar-refractivity contribution in [3.63, 3.8) is 0 Å². The Labute approximate surface area is 157 Å². The molecule has 0 radical (unpaired) electrons. The van der Waals surface area contributed by atoms with Crippen LogP contribution in [0.4, 0.5) is 5.69 Å².